The van der Waals surface area contributed by atoms with Crippen molar-refractivity contribution >= 4 is 17.6 Å². The van der Waals surface area contributed by atoms with Crippen molar-refractivity contribution in [2.45, 2.75) is 20.4 Å². The number of aromatic amines is 1. The van der Waals surface area contributed by atoms with E-state index in [4.69, 9.17) is 4.74 Å². The number of amides is 1. The Morgan fingerprint density at radius 3 is 2.65 bits per heavy atom. The molecule has 1 aromatic carbocycles. The van der Waals surface area contributed by atoms with E-state index in [2.05, 4.69) is 20.6 Å². The van der Waals surface area contributed by atoms with E-state index in [1.807, 2.05) is 38.1 Å². The molecule has 0 aliphatic carbocycles. The molecule has 8 nitrogen and oxygen atoms in total. The SMILES string of the molecule is CCn1cc(NC(=O)c2cc(-c3ccc(C)cc3)n[nH]2)c(C(=O)OC)n1. The summed E-state index contributed by atoms with van der Waals surface area (Å²) in [6.07, 6.45) is 1.58. The van der Waals surface area contributed by atoms with Crippen molar-refractivity contribution in [3.8, 4) is 11.3 Å². The van der Waals surface area contributed by atoms with E-state index >= 15 is 0 Å². The standard InChI is InChI=1S/C18H19N5O3/c1-4-23-10-15(16(22-23)18(25)26-3)19-17(24)14-9-13(20-21-14)12-7-5-11(2)6-8-12/h5-10H,4H2,1-3H3,(H,19,24)(H,20,21). The molecule has 3 rings (SSSR count). The second-order valence-electron chi connectivity index (χ2n) is 5.73. The molecule has 8 heteroatoms. The first-order chi connectivity index (χ1) is 12.5. The van der Waals surface area contributed by atoms with Crippen molar-refractivity contribution in [3.63, 3.8) is 0 Å². The molecular weight excluding hydrogens is 334 g/mol. The van der Waals surface area contributed by atoms with E-state index in [9.17, 15) is 9.59 Å². The highest BCUT2D eigenvalue weighted by Gasteiger charge is 2.20. The van der Waals surface area contributed by atoms with E-state index < -0.39 is 11.9 Å². The molecule has 3 aromatic rings. The van der Waals surface area contributed by atoms with Gasteiger partial charge in [-0.05, 0) is 19.9 Å². The molecule has 0 radical (unpaired) electrons. The van der Waals surface area contributed by atoms with E-state index in [0.29, 0.717) is 12.2 Å². The van der Waals surface area contributed by atoms with Gasteiger partial charge in [-0.1, -0.05) is 29.8 Å². The van der Waals surface area contributed by atoms with E-state index in [-0.39, 0.29) is 17.1 Å². The zero-order chi connectivity index (χ0) is 18.7. The van der Waals surface area contributed by atoms with Crippen molar-refractivity contribution in [2.75, 3.05) is 12.4 Å². The van der Waals surface area contributed by atoms with E-state index in [1.54, 1.807) is 16.9 Å². The monoisotopic (exact) mass is 353 g/mol. The Labute approximate surface area is 150 Å². The minimum absolute atomic E-state index is 0.0565. The molecule has 0 saturated carbocycles. The number of carbonyl (C=O) groups excluding carboxylic acids is 2. The summed E-state index contributed by atoms with van der Waals surface area (Å²) < 4.78 is 6.26. The first-order valence-electron chi connectivity index (χ1n) is 8.11. The number of hydrogen-bond acceptors (Lipinski definition) is 5. The summed E-state index contributed by atoms with van der Waals surface area (Å²) in [4.78, 5) is 24.3. The van der Waals surface area contributed by atoms with Crippen molar-refractivity contribution in [1.82, 2.24) is 20.0 Å². The molecule has 2 N–H and O–H groups in total. The first kappa shape index (κ1) is 17.4. The van der Waals surface area contributed by atoms with Gasteiger partial charge in [0.15, 0.2) is 5.69 Å². The Morgan fingerprint density at radius 2 is 2.00 bits per heavy atom. The summed E-state index contributed by atoms with van der Waals surface area (Å²) >= 11 is 0. The van der Waals surface area contributed by atoms with Crippen LogP contribution in [0, 0.1) is 6.92 Å². The van der Waals surface area contributed by atoms with Gasteiger partial charge in [0.25, 0.3) is 5.91 Å². The third-order valence-corrected chi connectivity index (χ3v) is 3.88. The van der Waals surface area contributed by atoms with Gasteiger partial charge in [0.1, 0.15) is 5.69 Å². The van der Waals surface area contributed by atoms with Crippen LogP contribution in [0.4, 0.5) is 5.69 Å². The molecule has 1 amide bonds. The second-order valence-corrected chi connectivity index (χ2v) is 5.73. The maximum absolute atomic E-state index is 12.5. The number of hydrogen-bond donors (Lipinski definition) is 2. The average molecular weight is 353 g/mol. The van der Waals surface area contributed by atoms with Gasteiger partial charge in [0.05, 0.1) is 18.5 Å². The topological polar surface area (TPSA) is 102 Å². The van der Waals surface area contributed by atoms with Crippen LogP contribution < -0.4 is 5.32 Å². The Kier molecular flexibility index (Phi) is 4.83. The van der Waals surface area contributed by atoms with Crippen LogP contribution >= 0.6 is 0 Å². The fourth-order valence-corrected chi connectivity index (χ4v) is 2.42. The van der Waals surface area contributed by atoms with E-state index in [0.717, 1.165) is 11.1 Å². The Balaban J connectivity index is 1.82. The Bertz CT molecular complexity index is 940. The van der Waals surface area contributed by atoms with Gasteiger partial charge in [-0.25, -0.2) is 4.79 Å². The Morgan fingerprint density at radius 1 is 1.27 bits per heavy atom. The summed E-state index contributed by atoms with van der Waals surface area (Å²) in [6, 6.07) is 9.49. The van der Waals surface area contributed by atoms with Gasteiger partial charge in [-0.15, -0.1) is 0 Å². The smallest absolute Gasteiger partial charge is 0.360 e. The molecule has 26 heavy (non-hydrogen) atoms. The molecular formula is C18H19N5O3. The third kappa shape index (κ3) is 3.49. The fourth-order valence-electron chi connectivity index (χ4n) is 2.42. The maximum atomic E-state index is 12.5. The lowest BCUT2D eigenvalue weighted by molar-refractivity contribution is 0.0594. The summed E-state index contributed by atoms with van der Waals surface area (Å²) in [5.74, 6) is -1.03. The molecule has 0 saturated heterocycles. The minimum atomic E-state index is -0.613. The number of nitrogens with one attached hydrogen (secondary N) is 2. The predicted octanol–water partition coefficient (Wildman–Crippen LogP) is 2.64. The number of nitrogens with zero attached hydrogens (tertiary/aromatic N) is 3. The lowest BCUT2D eigenvalue weighted by atomic mass is 10.1. The zero-order valence-electron chi connectivity index (χ0n) is 14.7. The third-order valence-electron chi connectivity index (χ3n) is 3.88. The number of H-pyrrole nitrogens is 1. The van der Waals surface area contributed by atoms with Crippen LogP contribution in [-0.2, 0) is 11.3 Å². The number of carbonyl (C=O) groups is 2. The summed E-state index contributed by atoms with van der Waals surface area (Å²) in [5, 5.41) is 13.7. The van der Waals surface area contributed by atoms with Gasteiger partial charge in [0, 0.05) is 18.3 Å². The van der Waals surface area contributed by atoms with Crippen LogP contribution in [0.3, 0.4) is 0 Å². The van der Waals surface area contributed by atoms with Gasteiger partial charge < -0.3 is 10.1 Å². The number of methoxy groups -OCH3 is 1. The van der Waals surface area contributed by atoms with Crippen LogP contribution in [0.2, 0.25) is 0 Å². The molecule has 0 aliphatic rings. The van der Waals surface area contributed by atoms with Gasteiger partial charge in [-0.2, -0.15) is 10.2 Å². The minimum Gasteiger partial charge on any atom is -0.464 e. The number of rotatable bonds is 5. The summed E-state index contributed by atoms with van der Waals surface area (Å²) in [6.45, 7) is 4.44. The van der Waals surface area contributed by atoms with Crippen molar-refractivity contribution in [2.24, 2.45) is 0 Å². The molecule has 0 aliphatic heterocycles. The molecule has 0 fully saturated rings. The second kappa shape index (κ2) is 7.22. The van der Waals surface area contributed by atoms with E-state index in [1.165, 1.54) is 7.11 Å². The molecule has 2 aromatic heterocycles. The number of aromatic nitrogens is 4. The van der Waals surface area contributed by atoms with Crippen LogP contribution in [-0.4, -0.2) is 39.0 Å². The first-order valence-corrected chi connectivity index (χ1v) is 8.11. The lowest BCUT2D eigenvalue weighted by Gasteiger charge is -2.02. The Hall–Kier alpha value is -3.42. The van der Waals surface area contributed by atoms with Crippen LogP contribution in [0.15, 0.2) is 36.5 Å². The van der Waals surface area contributed by atoms with Gasteiger partial charge in [0.2, 0.25) is 0 Å². The van der Waals surface area contributed by atoms with Gasteiger partial charge in [-0.3, -0.25) is 14.6 Å². The van der Waals surface area contributed by atoms with Crippen molar-refractivity contribution in [1.29, 1.82) is 0 Å². The highest BCUT2D eigenvalue weighted by atomic mass is 16.5. The number of aryl methyl sites for hydroxylation is 2. The van der Waals surface area contributed by atoms with Gasteiger partial charge >= 0.3 is 5.97 Å². The number of anilines is 1. The quantitative estimate of drug-likeness (QED) is 0.687. The molecule has 0 atom stereocenters. The highest BCUT2D eigenvalue weighted by Crippen LogP contribution is 2.20. The summed E-state index contributed by atoms with van der Waals surface area (Å²) in [7, 11) is 1.27. The lowest BCUT2D eigenvalue weighted by Crippen LogP contribution is -2.15. The molecule has 0 spiro atoms. The fraction of sp³-hybridized carbons (Fsp3) is 0.222. The largest absolute Gasteiger partial charge is 0.464 e. The maximum Gasteiger partial charge on any atom is 0.360 e. The molecule has 0 bridgehead atoms. The van der Waals surface area contributed by atoms with Crippen molar-refractivity contribution in [3.05, 3.63) is 53.5 Å². The summed E-state index contributed by atoms with van der Waals surface area (Å²) in [5.41, 5.74) is 3.33. The number of esters is 1. The zero-order valence-corrected chi connectivity index (χ0v) is 14.7. The van der Waals surface area contributed by atoms with Crippen molar-refractivity contribution < 1.29 is 14.3 Å². The van der Waals surface area contributed by atoms with Crippen LogP contribution in [0.25, 0.3) is 11.3 Å². The highest BCUT2D eigenvalue weighted by molar-refractivity contribution is 6.06. The molecule has 0 unspecified atom stereocenters. The molecule has 2 heterocycles. The number of ether oxygens (including phenoxy) is 1. The average Bonchev–Trinajstić information content (AvgIpc) is 3.29. The van der Waals surface area contributed by atoms with Crippen LogP contribution in [0.1, 0.15) is 33.5 Å². The number of benzene rings is 1. The normalized spacial score (nSPS) is 10.6. The predicted molar refractivity (Wildman–Crippen MR) is 96.0 cm³/mol. The van der Waals surface area contributed by atoms with Crippen LogP contribution in [0.5, 0.6) is 0 Å². The molecule has 134 valence electrons.